The van der Waals surface area contributed by atoms with Crippen molar-refractivity contribution in [3.05, 3.63) is 83.5 Å². The van der Waals surface area contributed by atoms with Crippen molar-refractivity contribution in [2.45, 2.75) is 37.6 Å². The number of hydrogen-bond donors (Lipinski definition) is 0. The maximum atomic E-state index is 13.0. The predicted molar refractivity (Wildman–Crippen MR) is 114 cm³/mol. The number of thioether (sulfide) groups is 1. The largest absolute Gasteiger partial charge is 0.486 e. The molecular formula is C23H22FN3O2S. The summed E-state index contributed by atoms with van der Waals surface area (Å²) in [5.74, 6) is 1.21. The van der Waals surface area contributed by atoms with E-state index < -0.39 is 0 Å². The van der Waals surface area contributed by atoms with Gasteiger partial charge in [-0.1, -0.05) is 30.0 Å². The molecule has 0 unspecified atom stereocenters. The molecule has 30 heavy (non-hydrogen) atoms. The summed E-state index contributed by atoms with van der Waals surface area (Å²) in [4.78, 5) is 12.7. The van der Waals surface area contributed by atoms with Crippen molar-refractivity contribution in [1.82, 2.24) is 14.8 Å². The Balaban J connectivity index is 1.41. The summed E-state index contributed by atoms with van der Waals surface area (Å²) in [5.41, 5.74) is 3.40. The first kappa shape index (κ1) is 20.3. The van der Waals surface area contributed by atoms with Crippen LogP contribution < -0.4 is 4.74 Å². The molecule has 2 aromatic carbocycles. The minimum Gasteiger partial charge on any atom is -0.486 e. The van der Waals surface area contributed by atoms with Crippen LogP contribution in [0.3, 0.4) is 0 Å². The molecule has 0 radical (unpaired) electrons. The summed E-state index contributed by atoms with van der Waals surface area (Å²) in [7, 11) is 0. The number of nitrogens with zero attached hydrogens (tertiary/aromatic N) is 3. The lowest BCUT2D eigenvalue weighted by atomic mass is 10.0. The maximum absolute atomic E-state index is 13.0. The minimum absolute atomic E-state index is 0.0759. The molecule has 0 amide bonds. The lowest BCUT2D eigenvalue weighted by Gasteiger charge is -2.09. The lowest BCUT2D eigenvalue weighted by Crippen LogP contribution is -2.09. The van der Waals surface area contributed by atoms with Gasteiger partial charge in [0.05, 0.1) is 5.75 Å². The number of ether oxygens (including phenoxy) is 1. The minimum atomic E-state index is -0.316. The monoisotopic (exact) mass is 423 g/mol. The SMILES string of the molecule is C=CCn1c(COc2ccc(F)cc2)nnc1SCC(=O)c1ccc2c(c1)CCC2. The Labute approximate surface area is 179 Å². The highest BCUT2D eigenvalue weighted by Crippen LogP contribution is 2.25. The highest BCUT2D eigenvalue weighted by atomic mass is 32.2. The van der Waals surface area contributed by atoms with Crippen LogP contribution in [-0.2, 0) is 26.0 Å². The summed E-state index contributed by atoms with van der Waals surface area (Å²) in [5, 5.41) is 9.06. The molecule has 0 saturated carbocycles. The molecule has 0 spiro atoms. The van der Waals surface area contributed by atoms with E-state index in [9.17, 15) is 9.18 Å². The van der Waals surface area contributed by atoms with Crippen molar-refractivity contribution in [3.8, 4) is 5.75 Å². The van der Waals surface area contributed by atoms with E-state index in [0.717, 1.165) is 24.8 Å². The van der Waals surface area contributed by atoms with E-state index in [2.05, 4.69) is 22.8 Å². The summed E-state index contributed by atoms with van der Waals surface area (Å²) in [6, 6.07) is 11.8. The molecule has 4 rings (SSSR count). The number of carbonyl (C=O) groups is 1. The van der Waals surface area contributed by atoms with Crippen molar-refractivity contribution in [2.24, 2.45) is 0 Å². The smallest absolute Gasteiger partial charge is 0.192 e. The topological polar surface area (TPSA) is 57.0 Å². The number of rotatable bonds is 9. The number of benzene rings is 2. The molecule has 5 nitrogen and oxygen atoms in total. The molecule has 1 aromatic heterocycles. The van der Waals surface area contributed by atoms with Crippen LogP contribution in [0.15, 0.2) is 60.3 Å². The van der Waals surface area contributed by atoms with Gasteiger partial charge in [-0.3, -0.25) is 9.36 Å². The van der Waals surface area contributed by atoms with Gasteiger partial charge in [-0.2, -0.15) is 0 Å². The Morgan fingerprint density at radius 3 is 2.77 bits per heavy atom. The van der Waals surface area contributed by atoms with Crippen LogP contribution in [0.1, 0.15) is 33.7 Å². The number of ketones is 1. The Morgan fingerprint density at radius 1 is 1.17 bits per heavy atom. The van der Waals surface area contributed by atoms with E-state index in [-0.39, 0.29) is 24.0 Å². The third-order valence-corrected chi connectivity index (χ3v) is 6.01. The number of aryl methyl sites for hydroxylation is 2. The second-order valence-electron chi connectivity index (χ2n) is 7.09. The number of carbonyl (C=O) groups excluding carboxylic acids is 1. The fraction of sp³-hybridized carbons (Fsp3) is 0.261. The fourth-order valence-electron chi connectivity index (χ4n) is 3.48. The van der Waals surface area contributed by atoms with E-state index in [1.165, 1.54) is 35.0 Å². The van der Waals surface area contributed by atoms with Gasteiger partial charge in [-0.15, -0.1) is 16.8 Å². The highest BCUT2D eigenvalue weighted by molar-refractivity contribution is 7.99. The van der Waals surface area contributed by atoms with Crippen LogP contribution in [0.4, 0.5) is 4.39 Å². The standard InChI is InChI=1S/C23H22FN3O2S/c1-2-12-27-22(14-29-20-10-8-19(24)9-11-20)25-26-23(27)30-15-21(28)18-7-6-16-4-3-5-17(16)13-18/h2,6-11,13H,1,3-5,12,14-15H2. The van der Waals surface area contributed by atoms with Crippen molar-refractivity contribution < 1.29 is 13.9 Å². The third-order valence-electron chi connectivity index (χ3n) is 5.04. The van der Waals surface area contributed by atoms with Gasteiger partial charge in [0.2, 0.25) is 0 Å². The van der Waals surface area contributed by atoms with Crippen molar-refractivity contribution >= 4 is 17.5 Å². The fourth-order valence-corrected chi connectivity index (χ4v) is 4.34. The Morgan fingerprint density at radius 2 is 1.97 bits per heavy atom. The van der Waals surface area contributed by atoms with Crippen LogP contribution in [0, 0.1) is 5.82 Å². The number of Topliss-reactive ketones (excluding diaryl/α,β-unsaturated/α-hetero) is 1. The predicted octanol–water partition coefficient (Wildman–Crippen LogP) is 4.65. The van der Waals surface area contributed by atoms with Gasteiger partial charge < -0.3 is 4.74 Å². The number of fused-ring (bicyclic) bond motifs is 1. The lowest BCUT2D eigenvalue weighted by molar-refractivity contribution is 0.102. The van der Waals surface area contributed by atoms with E-state index in [0.29, 0.717) is 23.3 Å². The zero-order valence-corrected chi connectivity index (χ0v) is 17.3. The van der Waals surface area contributed by atoms with Crippen LogP contribution in [0.5, 0.6) is 5.75 Å². The molecule has 1 heterocycles. The first-order valence-electron chi connectivity index (χ1n) is 9.83. The molecule has 1 aliphatic carbocycles. The Bertz CT molecular complexity index is 1060. The van der Waals surface area contributed by atoms with E-state index >= 15 is 0 Å². The van der Waals surface area contributed by atoms with E-state index in [1.54, 1.807) is 18.2 Å². The molecule has 0 atom stereocenters. The number of aromatic nitrogens is 3. The summed E-state index contributed by atoms with van der Waals surface area (Å²) < 4.78 is 20.6. The molecule has 0 bridgehead atoms. The Hall–Kier alpha value is -2.93. The Kier molecular flexibility index (Phi) is 6.28. The van der Waals surface area contributed by atoms with Gasteiger partial charge in [0.15, 0.2) is 16.8 Å². The summed E-state index contributed by atoms with van der Waals surface area (Å²) in [6.07, 6.45) is 5.06. The second kappa shape index (κ2) is 9.26. The van der Waals surface area contributed by atoms with Crippen LogP contribution >= 0.6 is 11.8 Å². The molecule has 0 N–H and O–H groups in total. The van der Waals surface area contributed by atoms with Gasteiger partial charge in [0, 0.05) is 12.1 Å². The molecule has 0 fully saturated rings. The summed E-state index contributed by atoms with van der Waals surface area (Å²) >= 11 is 1.35. The van der Waals surface area contributed by atoms with E-state index in [4.69, 9.17) is 4.74 Å². The number of halogens is 1. The molecule has 0 aliphatic heterocycles. The van der Waals surface area contributed by atoms with Crippen molar-refractivity contribution in [3.63, 3.8) is 0 Å². The normalized spacial score (nSPS) is 12.6. The molecule has 0 saturated heterocycles. The van der Waals surface area contributed by atoms with Crippen LogP contribution in [0.25, 0.3) is 0 Å². The molecular weight excluding hydrogens is 401 g/mol. The quantitative estimate of drug-likeness (QED) is 0.285. The molecule has 7 heteroatoms. The van der Waals surface area contributed by atoms with Crippen LogP contribution in [-0.4, -0.2) is 26.3 Å². The van der Waals surface area contributed by atoms with Crippen molar-refractivity contribution in [1.29, 1.82) is 0 Å². The third kappa shape index (κ3) is 4.62. The van der Waals surface area contributed by atoms with Gasteiger partial charge >= 0.3 is 0 Å². The van der Waals surface area contributed by atoms with Gasteiger partial charge in [-0.25, -0.2) is 4.39 Å². The first-order chi connectivity index (χ1) is 14.6. The highest BCUT2D eigenvalue weighted by Gasteiger charge is 2.17. The average molecular weight is 424 g/mol. The van der Waals surface area contributed by atoms with E-state index in [1.807, 2.05) is 16.7 Å². The molecule has 154 valence electrons. The molecule has 3 aromatic rings. The van der Waals surface area contributed by atoms with Gasteiger partial charge in [-0.05, 0) is 60.7 Å². The number of allylic oxidation sites excluding steroid dienone is 1. The van der Waals surface area contributed by atoms with Crippen molar-refractivity contribution in [2.75, 3.05) is 5.75 Å². The zero-order valence-electron chi connectivity index (χ0n) is 16.5. The maximum Gasteiger partial charge on any atom is 0.192 e. The van der Waals surface area contributed by atoms with Gasteiger partial charge in [0.25, 0.3) is 0 Å². The first-order valence-corrected chi connectivity index (χ1v) is 10.8. The van der Waals surface area contributed by atoms with Gasteiger partial charge in [0.1, 0.15) is 18.2 Å². The van der Waals surface area contributed by atoms with Crippen LogP contribution in [0.2, 0.25) is 0 Å². The molecule has 1 aliphatic rings. The summed E-state index contributed by atoms with van der Waals surface area (Å²) in [6.45, 7) is 4.48. The average Bonchev–Trinajstić information content (AvgIpc) is 3.38. The zero-order chi connectivity index (χ0) is 20.9. The second-order valence-corrected chi connectivity index (χ2v) is 8.03. The number of hydrogen-bond acceptors (Lipinski definition) is 5.